The smallest absolute Gasteiger partial charge is 0.119 e. The Hall–Kier alpha value is -1.02. The molecule has 1 atom stereocenters. The third kappa shape index (κ3) is 1.88. The van der Waals surface area contributed by atoms with E-state index in [0.717, 1.165) is 42.6 Å². The van der Waals surface area contributed by atoms with Gasteiger partial charge in [-0.1, -0.05) is 12.1 Å². The lowest BCUT2D eigenvalue weighted by Gasteiger charge is -2.55. The van der Waals surface area contributed by atoms with E-state index in [4.69, 9.17) is 0 Å². The van der Waals surface area contributed by atoms with Crippen molar-refractivity contribution < 1.29 is 5.11 Å². The number of hydrogen-bond acceptors (Lipinski definition) is 2. The largest absolute Gasteiger partial charge is 0.508 e. The van der Waals surface area contributed by atoms with Gasteiger partial charge in [0.15, 0.2) is 0 Å². The van der Waals surface area contributed by atoms with Gasteiger partial charge in [0.25, 0.3) is 0 Å². The number of phenolic OH excluding ortho intramolecular Hbond substituents is 1. The number of aromatic hydroxyl groups is 1. The lowest BCUT2D eigenvalue weighted by Crippen LogP contribution is -2.55. The first-order valence-corrected chi connectivity index (χ1v) is 8.84. The number of fused-ring (bicyclic) bond motifs is 1. The van der Waals surface area contributed by atoms with Crippen LogP contribution in [0, 0.1) is 23.7 Å². The zero-order valence-electron chi connectivity index (χ0n) is 12.6. The van der Waals surface area contributed by atoms with Gasteiger partial charge in [0.05, 0.1) is 0 Å². The molecule has 0 radical (unpaired) electrons. The fourth-order valence-electron chi connectivity index (χ4n) is 6.24. The highest BCUT2D eigenvalue weighted by Gasteiger charge is 2.48. The Morgan fingerprint density at radius 2 is 1.67 bits per heavy atom. The van der Waals surface area contributed by atoms with E-state index in [9.17, 15) is 5.11 Å². The molecule has 4 saturated carbocycles. The Morgan fingerprint density at radius 1 is 0.952 bits per heavy atom. The van der Waals surface area contributed by atoms with Crippen LogP contribution in [0.15, 0.2) is 18.2 Å². The maximum atomic E-state index is 10.0. The number of rotatable bonds is 2. The summed E-state index contributed by atoms with van der Waals surface area (Å²) in [6.07, 6.45) is 9.63. The zero-order valence-corrected chi connectivity index (χ0v) is 12.6. The summed E-state index contributed by atoms with van der Waals surface area (Å²) in [5.74, 6) is 4.46. The molecule has 0 heterocycles. The number of nitrogens with one attached hydrogen (secondary N) is 1. The first-order chi connectivity index (χ1) is 10.3. The average Bonchev–Trinajstić information content (AvgIpc) is 2.87. The minimum absolute atomic E-state index is 0.481. The SMILES string of the molecule is Oc1cccc2c1CCC2NC1C2CC3CC(C2)CC1C3. The fourth-order valence-corrected chi connectivity index (χ4v) is 6.24. The van der Waals surface area contributed by atoms with Crippen molar-refractivity contribution in [3.05, 3.63) is 29.3 Å². The van der Waals surface area contributed by atoms with E-state index in [-0.39, 0.29) is 0 Å². The zero-order chi connectivity index (χ0) is 14.0. The van der Waals surface area contributed by atoms with Gasteiger partial charge in [-0.3, -0.25) is 0 Å². The standard InChI is InChI=1S/C19H25NO/c21-18-3-1-2-15-16(18)4-5-17(15)20-19-13-7-11-6-12(9-13)10-14(19)8-11/h1-3,11-14,17,19-21H,4-10H2. The average molecular weight is 283 g/mol. The van der Waals surface area contributed by atoms with Crippen LogP contribution in [0.5, 0.6) is 5.75 Å². The molecule has 0 amide bonds. The van der Waals surface area contributed by atoms with Crippen LogP contribution < -0.4 is 5.32 Å². The molecule has 0 aliphatic heterocycles. The highest BCUT2D eigenvalue weighted by Crippen LogP contribution is 2.54. The predicted molar refractivity (Wildman–Crippen MR) is 83.1 cm³/mol. The van der Waals surface area contributed by atoms with Crippen LogP contribution in [0.25, 0.3) is 0 Å². The van der Waals surface area contributed by atoms with E-state index in [1.165, 1.54) is 43.2 Å². The summed E-state index contributed by atoms with van der Waals surface area (Å²) in [6.45, 7) is 0. The molecule has 4 bridgehead atoms. The van der Waals surface area contributed by atoms with Gasteiger partial charge in [-0.2, -0.15) is 0 Å². The van der Waals surface area contributed by atoms with Gasteiger partial charge < -0.3 is 10.4 Å². The monoisotopic (exact) mass is 283 g/mol. The highest BCUT2D eigenvalue weighted by atomic mass is 16.3. The lowest BCUT2D eigenvalue weighted by molar-refractivity contribution is -0.0177. The summed E-state index contributed by atoms with van der Waals surface area (Å²) >= 11 is 0. The van der Waals surface area contributed by atoms with Crippen LogP contribution in [0.1, 0.15) is 55.7 Å². The first-order valence-electron chi connectivity index (χ1n) is 8.84. The predicted octanol–water partition coefficient (Wildman–Crippen LogP) is 3.79. The van der Waals surface area contributed by atoms with Crippen LogP contribution in [0.3, 0.4) is 0 Å². The van der Waals surface area contributed by atoms with E-state index >= 15 is 0 Å². The normalized spacial score (nSPS) is 43.2. The topological polar surface area (TPSA) is 32.3 Å². The van der Waals surface area contributed by atoms with Crippen molar-refractivity contribution in [1.29, 1.82) is 0 Å². The number of benzene rings is 1. The molecule has 21 heavy (non-hydrogen) atoms. The third-order valence-corrected chi connectivity index (χ3v) is 6.87. The van der Waals surface area contributed by atoms with Crippen molar-refractivity contribution in [2.45, 2.75) is 57.0 Å². The van der Waals surface area contributed by atoms with Gasteiger partial charge in [0.1, 0.15) is 5.75 Å². The Kier molecular flexibility index (Phi) is 2.67. The summed E-state index contributed by atoms with van der Waals surface area (Å²) < 4.78 is 0. The van der Waals surface area contributed by atoms with Crippen molar-refractivity contribution in [3.8, 4) is 5.75 Å². The van der Waals surface area contributed by atoms with Crippen molar-refractivity contribution in [2.75, 3.05) is 0 Å². The first kappa shape index (κ1) is 12.5. The summed E-state index contributed by atoms with van der Waals surface area (Å²) in [7, 11) is 0. The Labute approximate surface area is 126 Å². The molecule has 0 saturated heterocycles. The Morgan fingerprint density at radius 3 is 2.38 bits per heavy atom. The quantitative estimate of drug-likeness (QED) is 0.865. The van der Waals surface area contributed by atoms with Crippen molar-refractivity contribution in [1.82, 2.24) is 5.32 Å². The molecular formula is C19H25NO. The molecule has 1 unspecified atom stereocenters. The second-order valence-electron chi connectivity index (χ2n) is 8.06. The molecule has 2 nitrogen and oxygen atoms in total. The summed E-state index contributed by atoms with van der Waals surface area (Å²) in [5, 5.41) is 14.1. The molecule has 2 heteroatoms. The van der Waals surface area contributed by atoms with Gasteiger partial charge in [-0.15, -0.1) is 0 Å². The van der Waals surface area contributed by atoms with Crippen molar-refractivity contribution in [3.63, 3.8) is 0 Å². The molecule has 2 N–H and O–H groups in total. The summed E-state index contributed by atoms with van der Waals surface area (Å²) in [4.78, 5) is 0. The van der Waals surface area contributed by atoms with E-state index in [0.29, 0.717) is 11.8 Å². The van der Waals surface area contributed by atoms with Gasteiger partial charge in [-0.05, 0) is 85.8 Å². The van der Waals surface area contributed by atoms with Crippen molar-refractivity contribution in [2.24, 2.45) is 23.7 Å². The van der Waals surface area contributed by atoms with Crippen LogP contribution in [-0.4, -0.2) is 11.1 Å². The number of hydrogen-bond donors (Lipinski definition) is 2. The molecule has 1 aromatic carbocycles. The second-order valence-corrected chi connectivity index (χ2v) is 8.06. The maximum absolute atomic E-state index is 10.0. The van der Waals surface area contributed by atoms with E-state index < -0.39 is 0 Å². The highest BCUT2D eigenvalue weighted by molar-refractivity contribution is 5.44. The number of phenols is 1. The second kappa shape index (κ2) is 4.49. The lowest BCUT2D eigenvalue weighted by atomic mass is 9.54. The summed E-state index contributed by atoms with van der Waals surface area (Å²) in [6, 6.07) is 7.29. The van der Waals surface area contributed by atoms with Crippen LogP contribution >= 0.6 is 0 Å². The van der Waals surface area contributed by atoms with Gasteiger partial charge in [0, 0.05) is 12.1 Å². The van der Waals surface area contributed by atoms with Crippen molar-refractivity contribution >= 4 is 0 Å². The molecule has 5 aliphatic carbocycles. The van der Waals surface area contributed by atoms with Gasteiger partial charge in [-0.25, -0.2) is 0 Å². The van der Waals surface area contributed by atoms with Crippen LogP contribution in [-0.2, 0) is 6.42 Å². The molecule has 0 aromatic heterocycles. The molecule has 1 aromatic rings. The summed E-state index contributed by atoms with van der Waals surface area (Å²) in [5.41, 5.74) is 2.56. The fraction of sp³-hybridized carbons (Fsp3) is 0.684. The Balaban J connectivity index is 1.39. The molecular weight excluding hydrogens is 258 g/mol. The van der Waals surface area contributed by atoms with E-state index in [1.807, 2.05) is 12.1 Å². The molecule has 6 rings (SSSR count). The van der Waals surface area contributed by atoms with E-state index in [2.05, 4.69) is 11.4 Å². The minimum Gasteiger partial charge on any atom is -0.508 e. The molecule has 0 spiro atoms. The molecule has 5 aliphatic rings. The molecule has 112 valence electrons. The molecule has 4 fully saturated rings. The third-order valence-electron chi connectivity index (χ3n) is 6.87. The van der Waals surface area contributed by atoms with Gasteiger partial charge in [0.2, 0.25) is 0 Å². The minimum atomic E-state index is 0.481. The van der Waals surface area contributed by atoms with Gasteiger partial charge >= 0.3 is 0 Å². The van der Waals surface area contributed by atoms with E-state index in [1.54, 1.807) is 0 Å². The van der Waals surface area contributed by atoms with Crippen LogP contribution in [0.2, 0.25) is 0 Å². The Bertz CT molecular complexity index is 539. The maximum Gasteiger partial charge on any atom is 0.119 e. The van der Waals surface area contributed by atoms with Crippen LogP contribution in [0.4, 0.5) is 0 Å².